The molecule has 2 atom stereocenters. The Balaban J connectivity index is 1.50. The monoisotopic (exact) mass is 588 g/mol. The summed E-state index contributed by atoms with van der Waals surface area (Å²) in [5.41, 5.74) is 1.62. The van der Waals surface area contributed by atoms with E-state index in [9.17, 15) is 14.0 Å². The Labute approximate surface area is 217 Å². The molecule has 1 aliphatic carbocycles. The minimum Gasteiger partial charge on any atom is -0.326 e. The largest absolute Gasteiger partial charge is 0.326 e. The molecule has 3 aromatic rings. The molecule has 0 aliphatic heterocycles. The van der Waals surface area contributed by atoms with E-state index >= 15 is 0 Å². The van der Waals surface area contributed by atoms with Crippen molar-refractivity contribution < 1.29 is 14.0 Å². The van der Waals surface area contributed by atoms with Crippen molar-refractivity contribution in [3.05, 3.63) is 92.1 Å². The zero-order chi connectivity index (χ0) is 23.9. The molecule has 0 bridgehead atoms. The van der Waals surface area contributed by atoms with Crippen molar-refractivity contribution in [3.63, 3.8) is 0 Å². The quantitative estimate of drug-likeness (QED) is 0.300. The third kappa shape index (κ3) is 5.15. The number of hydrogen-bond donors (Lipinski definition) is 2. The number of rotatable bonds is 5. The van der Waals surface area contributed by atoms with Crippen LogP contribution >= 0.6 is 62.3 Å². The first-order valence-corrected chi connectivity index (χ1v) is 11.9. The number of carbonyl (C=O) groups excluding carboxylic acids is 2. The molecule has 33 heavy (non-hydrogen) atoms. The summed E-state index contributed by atoms with van der Waals surface area (Å²) in [6.45, 7) is 0. The van der Waals surface area contributed by atoms with Gasteiger partial charge in [-0.1, -0.05) is 29.3 Å². The van der Waals surface area contributed by atoms with E-state index in [0.717, 1.165) is 10.0 Å². The Hall–Kier alpha value is -1.83. The van der Waals surface area contributed by atoms with E-state index in [2.05, 4.69) is 26.6 Å². The highest BCUT2D eigenvalue weighted by Gasteiger charge is 2.67. The molecule has 1 saturated carbocycles. The molecule has 10 heteroatoms. The Bertz CT molecular complexity index is 1250. The lowest BCUT2D eigenvalue weighted by molar-refractivity contribution is -0.117. The Morgan fingerprint density at radius 2 is 1.55 bits per heavy atom. The minimum absolute atomic E-state index is 0.133. The zero-order valence-corrected chi connectivity index (χ0v) is 21.1. The Kier molecular flexibility index (Phi) is 6.95. The third-order valence-electron chi connectivity index (χ3n) is 5.22. The van der Waals surface area contributed by atoms with E-state index in [1.54, 1.807) is 24.3 Å². The molecule has 2 amide bonds. The summed E-state index contributed by atoms with van der Waals surface area (Å²) in [6, 6.07) is 15.1. The highest BCUT2D eigenvalue weighted by molar-refractivity contribution is 9.10. The molecule has 0 heterocycles. The van der Waals surface area contributed by atoms with Gasteiger partial charge in [-0.2, -0.15) is 0 Å². The highest BCUT2D eigenvalue weighted by Crippen LogP contribution is 2.65. The normalized spacial score (nSPS) is 18.5. The molecule has 1 aliphatic rings. The summed E-state index contributed by atoms with van der Waals surface area (Å²) in [4.78, 5) is 25.6. The molecule has 0 saturated heterocycles. The van der Waals surface area contributed by atoms with Gasteiger partial charge in [0.15, 0.2) is 0 Å². The fraction of sp³-hybridized carbons (Fsp3) is 0.130. The van der Waals surface area contributed by atoms with Gasteiger partial charge in [0.25, 0.3) is 5.91 Å². The molecule has 4 rings (SSSR count). The van der Waals surface area contributed by atoms with Crippen LogP contribution in [0.2, 0.25) is 10.0 Å². The fourth-order valence-electron chi connectivity index (χ4n) is 3.50. The number of benzene rings is 3. The molecule has 4 nitrogen and oxygen atoms in total. The van der Waals surface area contributed by atoms with Crippen molar-refractivity contribution in [3.8, 4) is 0 Å². The first kappa shape index (κ1) is 24.3. The fourth-order valence-corrected chi connectivity index (χ4v) is 4.97. The van der Waals surface area contributed by atoms with Crippen molar-refractivity contribution >= 4 is 85.5 Å². The van der Waals surface area contributed by atoms with Crippen molar-refractivity contribution in [2.45, 2.75) is 10.3 Å². The molecular formula is C23H14BrCl4FN2O2. The molecule has 0 radical (unpaired) electrons. The van der Waals surface area contributed by atoms with Gasteiger partial charge in [0.1, 0.15) is 10.2 Å². The van der Waals surface area contributed by atoms with Gasteiger partial charge in [0.05, 0.1) is 21.5 Å². The van der Waals surface area contributed by atoms with Crippen molar-refractivity contribution in [1.82, 2.24) is 0 Å². The molecule has 170 valence electrons. The smallest absolute Gasteiger partial charge is 0.257 e. The van der Waals surface area contributed by atoms with Crippen LogP contribution in [0, 0.1) is 11.7 Å². The number of hydrogen-bond acceptors (Lipinski definition) is 2. The first-order chi connectivity index (χ1) is 15.6. The third-order valence-corrected chi connectivity index (χ3v) is 7.72. The van der Waals surface area contributed by atoms with E-state index in [4.69, 9.17) is 46.4 Å². The van der Waals surface area contributed by atoms with Crippen LogP contribution in [-0.2, 0) is 4.79 Å². The van der Waals surface area contributed by atoms with E-state index < -0.39 is 33.8 Å². The maximum atomic E-state index is 13.1. The number of amides is 2. The van der Waals surface area contributed by atoms with Gasteiger partial charge in [-0.25, -0.2) is 4.39 Å². The van der Waals surface area contributed by atoms with Crippen molar-refractivity contribution in [2.75, 3.05) is 10.6 Å². The van der Waals surface area contributed by atoms with Crippen LogP contribution in [0.25, 0.3) is 0 Å². The zero-order valence-electron chi connectivity index (χ0n) is 16.5. The molecule has 2 N–H and O–H groups in total. The molecule has 0 aromatic heterocycles. The molecule has 0 unspecified atom stereocenters. The lowest BCUT2D eigenvalue weighted by Crippen LogP contribution is -2.18. The maximum absolute atomic E-state index is 13.1. The van der Waals surface area contributed by atoms with E-state index in [0.29, 0.717) is 16.4 Å². The van der Waals surface area contributed by atoms with Gasteiger partial charge in [-0.15, -0.1) is 23.2 Å². The van der Waals surface area contributed by atoms with Gasteiger partial charge < -0.3 is 10.6 Å². The molecule has 1 fully saturated rings. The van der Waals surface area contributed by atoms with E-state index in [-0.39, 0.29) is 10.6 Å². The van der Waals surface area contributed by atoms with Gasteiger partial charge in [0, 0.05) is 21.8 Å². The lowest BCUT2D eigenvalue weighted by Gasteiger charge is -2.10. The van der Waals surface area contributed by atoms with Crippen molar-refractivity contribution in [1.29, 1.82) is 0 Å². The average Bonchev–Trinajstić information content (AvgIpc) is 3.35. The van der Waals surface area contributed by atoms with Crippen LogP contribution in [0.15, 0.2) is 65.1 Å². The topological polar surface area (TPSA) is 58.2 Å². The predicted molar refractivity (Wildman–Crippen MR) is 134 cm³/mol. The molecule has 3 aromatic carbocycles. The number of alkyl halides is 2. The van der Waals surface area contributed by atoms with Gasteiger partial charge in [-0.3, -0.25) is 9.59 Å². The summed E-state index contributed by atoms with van der Waals surface area (Å²) in [6.07, 6.45) is 0. The first-order valence-electron chi connectivity index (χ1n) is 9.58. The van der Waals surface area contributed by atoms with Gasteiger partial charge in [-0.05, 0) is 76.1 Å². The van der Waals surface area contributed by atoms with Crippen LogP contribution in [0.1, 0.15) is 21.8 Å². The standard InChI is InChI=1S/C23H14BrCl4FN2O2/c24-16-7-1-11(9-18(16)26)19-20(23(19,27)28)22(33)31-14-6-8-17(25)15(10-14)21(32)30-13-4-2-12(29)3-5-13/h1-10,19-20H,(H,30,32)(H,31,33)/t19-,20+/m1/s1. The van der Waals surface area contributed by atoms with E-state index in [1.807, 2.05) is 0 Å². The number of carbonyl (C=O) groups is 2. The summed E-state index contributed by atoms with van der Waals surface area (Å²) in [5, 5.41) is 6.04. The average molecular weight is 591 g/mol. The number of anilines is 2. The molecule has 0 spiro atoms. The summed E-state index contributed by atoms with van der Waals surface area (Å²) >= 11 is 28.5. The second-order valence-corrected chi connectivity index (χ2v) is 10.6. The predicted octanol–water partition coefficient (Wildman–Crippen LogP) is 7.67. The summed E-state index contributed by atoms with van der Waals surface area (Å²) in [5.74, 6) is -2.50. The number of nitrogens with one attached hydrogen (secondary N) is 2. The van der Waals surface area contributed by atoms with Crippen molar-refractivity contribution in [2.24, 2.45) is 5.92 Å². The van der Waals surface area contributed by atoms with Gasteiger partial charge >= 0.3 is 0 Å². The minimum atomic E-state index is -1.30. The van der Waals surface area contributed by atoms with Crippen LogP contribution in [0.3, 0.4) is 0 Å². The number of halogens is 6. The van der Waals surface area contributed by atoms with Crippen LogP contribution in [-0.4, -0.2) is 16.1 Å². The van der Waals surface area contributed by atoms with Crippen LogP contribution in [0.5, 0.6) is 0 Å². The van der Waals surface area contributed by atoms with Crippen LogP contribution in [0.4, 0.5) is 15.8 Å². The van der Waals surface area contributed by atoms with Gasteiger partial charge in [0.2, 0.25) is 5.91 Å². The Morgan fingerprint density at radius 3 is 2.21 bits per heavy atom. The lowest BCUT2D eigenvalue weighted by atomic mass is 10.1. The summed E-state index contributed by atoms with van der Waals surface area (Å²) < 4.78 is 12.5. The van der Waals surface area contributed by atoms with Crippen LogP contribution < -0.4 is 10.6 Å². The highest BCUT2D eigenvalue weighted by atomic mass is 79.9. The Morgan fingerprint density at radius 1 is 0.879 bits per heavy atom. The second kappa shape index (κ2) is 9.43. The summed E-state index contributed by atoms with van der Waals surface area (Å²) in [7, 11) is 0. The SMILES string of the molecule is O=C(Nc1ccc(F)cc1)c1cc(NC(=O)[C@@H]2[C@@H](c3ccc(Br)c(Cl)c3)C2(Cl)Cl)ccc1Cl. The second-order valence-electron chi connectivity index (χ2n) is 7.45. The molecular weight excluding hydrogens is 577 g/mol. The maximum Gasteiger partial charge on any atom is 0.257 e. The van der Waals surface area contributed by atoms with E-state index in [1.165, 1.54) is 36.4 Å².